The van der Waals surface area contributed by atoms with E-state index in [2.05, 4.69) is 15.9 Å². The van der Waals surface area contributed by atoms with Crippen LogP contribution in [0.5, 0.6) is 0 Å². The van der Waals surface area contributed by atoms with Crippen LogP contribution in [0.4, 0.5) is 0 Å². The lowest BCUT2D eigenvalue weighted by Gasteiger charge is -2.07. The van der Waals surface area contributed by atoms with Gasteiger partial charge in [0.05, 0.1) is 5.75 Å². The SMILES string of the molecule is CCCS(=O)(=O)CCCC(Br)C1CC1. The van der Waals surface area contributed by atoms with Crippen molar-refractivity contribution >= 4 is 25.8 Å². The molecule has 0 N–H and O–H groups in total. The minimum absolute atomic E-state index is 0.351. The quantitative estimate of drug-likeness (QED) is 0.673. The first kappa shape index (κ1) is 12.5. The Labute approximate surface area is 95.5 Å². The van der Waals surface area contributed by atoms with Crippen molar-refractivity contribution in [2.24, 2.45) is 5.92 Å². The summed E-state index contributed by atoms with van der Waals surface area (Å²) in [5.74, 6) is 1.54. The van der Waals surface area contributed by atoms with Crippen LogP contribution in [-0.2, 0) is 9.84 Å². The average molecular weight is 283 g/mol. The van der Waals surface area contributed by atoms with Gasteiger partial charge in [0.1, 0.15) is 9.84 Å². The van der Waals surface area contributed by atoms with E-state index >= 15 is 0 Å². The van der Waals surface area contributed by atoms with Gasteiger partial charge in [0, 0.05) is 10.6 Å². The molecule has 0 saturated heterocycles. The van der Waals surface area contributed by atoms with Crippen LogP contribution in [0.15, 0.2) is 0 Å². The molecule has 0 aromatic heterocycles. The maximum atomic E-state index is 11.4. The third-order valence-electron chi connectivity index (χ3n) is 2.58. The molecule has 0 aromatic carbocycles. The van der Waals surface area contributed by atoms with E-state index in [1.54, 1.807) is 0 Å². The Hall–Kier alpha value is 0.430. The van der Waals surface area contributed by atoms with Crippen LogP contribution in [0, 0.1) is 5.92 Å². The molecule has 14 heavy (non-hydrogen) atoms. The van der Waals surface area contributed by atoms with Crippen LogP contribution in [0.3, 0.4) is 0 Å². The van der Waals surface area contributed by atoms with E-state index in [4.69, 9.17) is 0 Å². The van der Waals surface area contributed by atoms with Gasteiger partial charge in [-0.1, -0.05) is 22.9 Å². The lowest BCUT2D eigenvalue weighted by molar-refractivity contribution is 0.587. The molecule has 2 nitrogen and oxygen atoms in total. The molecule has 1 saturated carbocycles. The van der Waals surface area contributed by atoms with E-state index in [-0.39, 0.29) is 0 Å². The average Bonchev–Trinajstić information content (AvgIpc) is 2.85. The molecule has 0 spiro atoms. The van der Waals surface area contributed by atoms with Gasteiger partial charge in [0.15, 0.2) is 0 Å². The van der Waals surface area contributed by atoms with E-state index < -0.39 is 9.84 Å². The second-order valence-corrected chi connectivity index (χ2v) is 7.63. The van der Waals surface area contributed by atoms with E-state index in [1.807, 2.05) is 6.92 Å². The minimum Gasteiger partial charge on any atom is -0.229 e. The van der Waals surface area contributed by atoms with Crippen molar-refractivity contribution in [1.82, 2.24) is 0 Å². The molecule has 1 aliphatic rings. The number of rotatable bonds is 7. The number of alkyl halides is 1. The van der Waals surface area contributed by atoms with Crippen LogP contribution in [0.25, 0.3) is 0 Å². The van der Waals surface area contributed by atoms with Crippen molar-refractivity contribution in [2.75, 3.05) is 11.5 Å². The van der Waals surface area contributed by atoms with Crippen molar-refractivity contribution in [3.8, 4) is 0 Å². The highest BCUT2D eigenvalue weighted by Crippen LogP contribution is 2.38. The number of halogens is 1. The molecule has 0 amide bonds. The lowest BCUT2D eigenvalue weighted by Crippen LogP contribution is -2.12. The fourth-order valence-corrected chi connectivity index (χ4v) is 3.89. The van der Waals surface area contributed by atoms with Gasteiger partial charge < -0.3 is 0 Å². The fraction of sp³-hybridized carbons (Fsp3) is 1.00. The Kier molecular flexibility index (Phi) is 4.91. The Morgan fingerprint density at radius 2 is 2.00 bits per heavy atom. The standard InChI is InChI=1S/C10H19BrO2S/c1-2-7-14(12,13)8-3-4-10(11)9-5-6-9/h9-10H,2-8H2,1H3. The normalized spacial score (nSPS) is 19.6. The zero-order chi connectivity index (χ0) is 10.6. The second kappa shape index (κ2) is 5.50. The molecule has 1 unspecified atom stereocenters. The highest BCUT2D eigenvalue weighted by Gasteiger charge is 2.28. The first-order valence-electron chi connectivity index (χ1n) is 5.39. The molecule has 0 aliphatic heterocycles. The summed E-state index contributed by atoms with van der Waals surface area (Å²) in [5.41, 5.74) is 0. The highest BCUT2D eigenvalue weighted by atomic mass is 79.9. The van der Waals surface area contributed by atoms with E-state index in [0.29, 0.717) is 16.3 Å². The summed E-state index contributed by atoms with van der Waals surface area (Å²) < 4.78 is 22.8. The molecule has 84 valence electrons. The van der Waals surface area contributed by atoms with Crippen molar-refractivity contribution in [3.63, 3.8) is 0 Å². The minimum atomic E-state index is -2.75. The summed E-state index contributed by atoms with van der Waals surface area (Å²) in [6.07, 6.45) is 5.19. The first-order valence-corrected chi connectivity index (χ1v) is 8.13. The fourth-order valence-electron chi connectivity index (χ4n) is 1.60. The zero-order valence-electron chi connectivity index (χ0n) is 8.71. The third-order valence-corrected chi connectivity index (χ3v) is 5.73. The molecule has 1 aliphatic carbocycles. The largest absolute Gasteiger partial charge is 0.229 e. The van der Waals surface area contributed by atoms with Gasteiger partial charge in [-0.3, -0.25) is 0 Å². The van der Waals surface area contributed by atoms with Gasteiger partial charge in [-0.25, -0.2) is 8.42 Å². The molecule has 4 heteroatoms. The summed E-state index contributed by atoms with van der Waals surface area (Å²) in [4.78, 5) is 0.555. The Morgan fingerprint density at radius 1 is 1.36 bits per heavy atom. The van der Waals surface area contributed by atoms with Crippen LogP contribution in [0.1, 0.15) is 39.0 Å². The van der Waals surface area contributed by atoms with Gasteiger partial charge in [0.25, 0.3) is 0 Å². The molecular weight excluding hydrogens is 264 g/mol. The first-order chi connectivity index (χ1) is 6.55. The van der Waals surface area contributed by atoms with Crippen molar-refractivity contribution in [1.29, 1.82) is 0 Å². The van der Waals surface area contributed by atoms with Crippen LogP contribution < -0.4 is 0 Å². The predicted molar refractivity (Wildman–Crippen MR) is 63.6 cm³/mol. The second-order valence-electron chi connectivity index (χ2n) is 4.15. The predicted octanol–water partition coefficient (Wildman–Crippen LogP) is 2.76. The number of hydrogen-bond acceptors (Lipinski definition) is 2. The summed E-state index contributed by atoms with van der Waals surface area (Å²) in [6, 6.07) is 0. The highest BCUT2D eigenvalue weighted by molar-refractivity contribution is 9.09. The monoisotopic (exact) mass is 282 g/mol. The Morgan fingerprint density at radius 3 is 2.50 bits per heavy atom. The van der Waals surface area contributed by atoms with Gasteiger partial charge in [-0.05, 0) is 38.0 Å². The molecule has 0 heterocycles. The molecule has 1 atom stereocenters. The molecular formula is C10H19BrO2S. The lowest BCUT2D eigenvalue weighted by atomic mass is 10.2. The Bertz CT molecular complexity index is 257. The number of hydrogen-bond donors (Lipinski definition) is 0. The molecule has 0 radical (unpaired) electrons. The van der Waals surface area contributed by atoms with Crippen LogP contribution in [0.2, 0.25) is 0 Å². The van der Waals surface area contributed by atoms with Crippen LogP contribution in [-0.4, -0.2) is 24.8 Å². The van der Waals surface area contributed by atoms with Gasteiger partial charge in [-0.15, -0.1) is 0 Å². The summed E-state index contributed by atoms with van der Waals surface area (Å²) in [7, 11) is -2.75. The van der Waals surface area contributed by atoms with E-state index in [1.165, 1.54) is 12.8 Å². The smallest absolute Gasteiger partial charge is 0.150 e. The summed E-state index contributed by atoms with van der Waals surface area (Å²) in [6.45, 7) is 1.91. The van der Waals surface area contributed by atoms with Crippen molar-refractivity contribution < 1.29 is 8.42 Å². The molecule has 0 bridgehead atoms. The van der Waals surface area contributed by atoms with Crippen molar-refractivity contribution in [3.05, 3.63) is 0 Å². The molecule has 1 rings (SSSR count). The molecule has 1 fully saturated rings. The third kappa shape index (κ3) is 4.78. The van der Waals surface area contributed by atoms with E-state index in [0.717, 1.165) is 25.2 Å². The summed E-state index contributed by atoms with van der Waals surface area (Å²) in [5, 5.41) is 0. The zero-order valence-corrected chi connectivity index (χ0v) is 11.1. The van der Waals surface area contributed by atoms with Gasteiger partial charge in [-0.2, -0.15) is 0 Å². The maximum absolute atomic E-state index is 11.4. The van der Waals surface area contributed by atoms with Crippen LogP contribution >= 0.6 is 15.9 Å². The summed E-state index contributed by atoms with van der Waals surface area (Å²) >= 11 is 3.62. The van der Waals surface area contributed by atoms with Gasteiger partial charge in [0.2, 0.25) is 0 Å². The van der Waals surface area contributed by atoms with E-state index in [9.17, 15) is 8.42 Å². The Balaban J connectivity index is 2.13. The molecule has 0 aromatic rings. The topological polar surface area (TPSA) is 34.1 Å². The maximum Gasteiger partial charge on any atom is 0.150 e. The van der Waals surface area contributed by atoms with Crippen molar-refractivity contribution in [2.45, 2.75) is 43.9 Å². The van der Waals surface area contributed by atoms with Gasteiger partial charge >= 0.3 is 0 Å². The number of sulfone groups is 1.